The molecular weight excluding hydrogens is 350 g/mol. The van der Waals surface area contributed by atoms with Crippen LogP contribution in [0.3, 0.4) is 0 Å². The lowest BCUT2D eigenvalue weighted by Crippen LogP contribution is -2.38. The van der Waals surface area contributed by atoms with Crippen molar-refractivity contribution in [3.05, 3.63) is 18.2 Å². The number of rotatable bonds is 4. The van der Waals surface area contributed by atoms with Gasteiger partial charge in [-0.05, 0) is 24.6 Å². The molecule has 3 rings (SSSR count). The van der Waals surface area contributed by atoms with Gasteiger partial charge in [0, 0.05) is 24.4 Å². The Kier molecular flexibility index (Phi) is 5.24. The quantitative estimate of drug-likeness (QED) is 0.749. The summed E-state index contributed by atoms with van der Waals surface area (Å²) in [5, 5.41) is 0. The van der Waals surface area contributed by atoms with Crippen LogP contribution in [-0.2, 0) is 14.6 Å². The van der Waals surface area contributed by atoms with E-state index in [0.717, 1.165) is 17.1 Å². The highest BCUT2D eigenvalue weighted by Crippen LogP contribution is 2.34. The minimum absolute atomic E-state index is 0.0609. The average molecular weight is 371 g/mol. The maximum atomic E-state index is 12.3. The van der Waals surface area contributed by atoms with E-state index in [1.54, 1.807) is 11.9 Å². The van der Waals surface area contributed by atoms with Gasteiger partial charge in [-0.1, -0.05) is 0 Å². The van der Waals surface area contributed by atoms with Crippen LogP contribution in [0.25, 0.3) is 0 Å². The Balaban J connectivity index is 1.57. The number of sulfone groups is 1. The lowest BCUT2D eigenvalue weighted by Gasteiger charge is -2.23. The monoisotopic (exact) mass is 371 g/mol. The number of fused-ring (bicyclic) bond motifs is 1. The molecule has 0 radical (unpaired) electrons. The van der Waals surface area contributed by atoms with E-state index in [9.17, 15) is 13.2 Å². The summed E-state index contributed by atoms with van der Waals surface area (Å²) in [5.41, 5.74) is 0. The summed E-state index contributed by atoms with van der Waals surface area (Å²) in [7, 11) is -1.30. The summed E-state index contributed by atoms with van der Waals surface area (Å²) in [6, 6.07) is 5.46. The molecule has 6 nitrogen and oxygen atoms in total. The molecule has 0 bridgehead atoms. The third kappa shape index (κ3) is 4.16. The fourth-order valence-electron chi connectivity index (χ4n) is 2.76. The summed E-state index contributed by atoms with van der Waals surface area (Å²) in [6.45, 7) is 1.27. The van der Waals surface area contributed by atoms with E-state index in [1.807, 2.05) is 18.2 Å². The Morgan fingerprint density at radius 2 is 2.04 bits per heavy atom. The van der Waals surface area contributed by atoms with Gasteiger partial charge in [0.2, 0.25) is 5.91 Å². The molecule has 8 heteroatoms. The molecule has 2 heterocycles. The fraction of sp³-hybridized carbons (Fsp3) is 0.562. The molecule has 0 N–H and O–H groups in total. The van der Waals surface area contributed by atoms with Crippen LogP contribution in [0.2, 0.25) is 0 Å². The van der Waals surface area contributed by atoms with Crippen molar-refractivity contribution in [1.29, 1.82) is 0 Å². The first kappa shape index (κ1) is 17.4. The van der Waals surface area contributed by atoms with Crippen LogP contribution >= 0.6 is 11.8 Å². The molecule has 2 aliphatic rings. The van der Waals surface area contributed by atoms with Gasteiger partial charge in [0.15, 0.2) is 21.3 Å². The molecule has 0 spiro atoms. The molecule has 1 aromatic rings. The van der Waals surface area contributed by atoms with E-state index in [2.05, 4.69) is 0 Å². The number of hydrogen-bond donors (Lipinski definition) is 0. The van der Waals surface area contributed by atoms with Crippen LogP contribution < -0.4 is 9.47 Å². The van der Waals surface area contributed by atoms with Crippen molar-refractivity contribution in [2.75, 3.05) is 37.5 Å². The van der Waals surface area contributed by atoms with Gasteiger partial charge in [-0.25, -0.2) is 8.42 Å². The van der Waals surface area contributed by atoms with Gasteiger partial charge in [-0.2, -0.15) is 0 Å². The number of benzene rings is 1. The molecule has 0 aromatic heterocycles. The number of carbonyl (C=O) groups excluding carboxylic acids is 1. The second-order valence-electron chi connectivity index (χ2n) is 6.01. The van der Waals surface area contributed by atoms with Gasteiger partial charge in [-0.3, -0.25) is 4.79 Å². The summed E-state index contributed by atoms with van der Waals surface area (Å²) < 4.78 is 34.3. The molecule has 132 valence electrons. The number of nitrogens with zero attached hydrogens (tertiary/aromatic N) is 1. The van der Waals surface area contributed by atoms with Crippen molar-refractivity contribution < 1.29 is 22.7 Å². The van der Waals surface area contributed by atoms with Gasteiger partial charge < -0.3 is 14.4 Å². The van der Waals surface area contributed by atoms with Crippen molar-refractivity contribution in [1.82, 2.24) is 4.90 Å². The third-order valence-corrected chi connectivity index (χ3v) is 6.96. The molecule has 24 heavy (non-hydrogen) atoms. The maximum absolute atomic E-state index is 12.3. The minimum atomic E-state index is -2.99. The Labute approximate surface area is 146 Å². The lowest BCUT2D eigenvalue weighted by molar-refractivity contribution is -0.128. The number of thioether (sulfide) groups is 1. The second-order valence-corrected chi connectivity index (χ2v) is 9.29. The molecule has 2 aliphatic heterocycles. The van der Waals surface area contributed by atoms with E-state index in [1.165, 1.54) is 11.8 Å². The lowest BCUT2D eigenvalue weighted by atomic mass is 10.2. The zero-order chi connectivity index (χ0) is 17.2. The highest BCUT2D eigenvalue weighted by Gasteiger charge is 2.32. The highest BCUT2D eigenvalue weighted by atomic mass is 32.2. The smallest absolute Gasteiger partial charge is 0.232 e. The van der Waals surface area contributed by atoms with Crippen LogP contribution in [0, 0.1) is 0 Å². The van der Waals surface area contributed by atoms with Crippen molar-refractivity contribution in [3.8, 4) is 11.5 Å². The van der Waals surface area contributed by atoms with Crippen LogP contribution in [0.4, 0.5) is 0 Å². The normalized spacial score (nSPS) is 22.0. The first-order valence-electron chi connectivity index (χ1n) is 7.93. The molecule has 0 saturated carbocycles. The highest BCUT2D eigenvalue weighted by molar-refractivity contribution is 8.00. The van der Waals surface area contributed by atoms with E-state index in [4.69, 9.17) is 9.47 Å². The molecule has 1 amide bonds. The maximum Gasteiger partial charge on any atom is 0.232 e. The second kappa shape index (κ2) is 7.23. The summed E-state index contributed by atoms with van der Waals surface area (Å²) in [5.74, 6) is 1.90. The number of hydrogen-bond acceptors (Lipinski definition) is 6. The van der Waals surface area contributed by atoms with Gasteiger partial charge in [0.05, 0.1) is 30.5 Å². The molecular formula is C16H21NO5S2. The molecule has 1 aromatic carbocycles. The Morgan fingerprint density at radius 1 is 1.29 bits per heavy atom. The minimum Gasteiger partial charge on any atom is -0.490 e. The zero-order valence-electron chi connectivity index (χ0n) is 13.6. The van der Waals surface area contributed by atoms with E-state index < -0.39 is 9.84 Å². The first-order valence-corrected chi connectivity index (χ1v) is 10.7. The Hall–Kier alpha value is -1.41. The van der Waals surface area contributed by atoms with E-state index >= 15 is 0 Å². The summed E-state index contributed by atoms with van der Waals surface area (Å²) >= 11 is 1.42. The summed E-state index contributed by atoms with van der Waals surface area (Å²) in [6.07, 6.45) is 1.38. The van der Waals surface area contributed by atoms with Crippen molar-refractivity contribution in [2.45, 2.75) is 23.8 Å². The predicted octanol–water partition coefficient (Wildman–Crippen LogP) is 1.59. The van der Waals surface area contributed by atoms with Gasteiger partial charge >= 0.3 is 0 Å². The molecule has 0 aliphatic carbocycles. The van der Waals surface area contributed by atoms with Gasteiger partial charge in [-0.15, -0.1) is 11.8 Å². The SMILES string of the molecule is CN(C(=O)CSc1ccc2c(c1)OCCCO2)C1CCS(=O)(=O)C1. The molecule has 1 fully saturated rings. The average Bonchev–Trinajstić information content (AvgIpc) is 2.78. The van der Waals surface area contributed by atoms with Crippen molar-refractivity contribution in [2.24, 2.45) is 0 Å². The van der Waals surface area contributed by atoms with E-state index in [-0.39, 0.29) is 29.2 Å². The topological polar surface area (TPSA) is 72.9 Å². The van der Waals surface area contributed by atoms with Crippen LogP contribution in [0.15, 0.2) is 23.1 Å². The number of amides is 1. The third-order valence-electron chi connectivity index (χ3n) is 4.23. The Bertz CT molecular complexity index is 719. The van der Waals surface area contributed by atoms with Crippen molar-refractivity contribution in [3.63, 3.8) is 0 Å². The Morgan fingerprint density at radius 3 is 2.75 bits per heavy atom. The molecule has 1 saturated heterocycles. The molecule has 1 atom stereocenters. The summed E-state index contributed by atoms with van der Waals surface area (Å²) in [4.78, 5) is 14.8. The van der Waals surface area contributed by atoms with Crippen LogP contribution in [-0.4, -0.2) is 62.8 Å². The standard InChI is InChI=1S/C16H21NO5S2/c1-17(12-5-8-24(19,20)11-12)16(18)10-23-13-3-4-14-15(9-13)22-7-2-6-21-14/h3-4,9,12H,2,5-8,10-11H2,1H3. The van der Waals surface area contributed by atoms with Crippen LogP contribution in [0.5, 0.6) is 11.5 Å². The van der Waals surface area contributed by atoms with Gasteiger partial charge in [0.25, 0.3) is 0 Å². The zero-order valence-corrected chi connectivity index (χ0v) is 15.2. The first-order chi connectivity index (χ1) is 11.4. The van der Waals surface area contributed by atoms with Crippen LogP contribution in [0.1, 0.15) is 12.8 Å². The predicted molar refractivity (Wildman–Crippen MR) is 92.6 cm³/mol. The number of carbonyl (C=O) groups is 1. The fourth-order valence-corrected chi connectivity index (χ4v) is 5.39. The largest absolute Gasteiger partial charge is 0.490 e. The number of ether oxygens (including phenoxy) is 2. The van der Waals surface area contributed by atoms with Gasteiger partial charge in [0.1, 0.15) is 0 Å². The van der Waals surface area contributed by atoms with Crippen molar-refractivity contribution >= 4 is 27.5 Å². The molecule has 1 unspecified atom stereocenters. The van der Waals surface area contributed by atoms with E-state index in [0.29, 0.717) is 25.4 Å².